The minimum Gasteiger partial charge on any atom is -0.309 e. The molecule has 2 aromatic rings. The molecule has 1 unspecified atom stereocenters. The summed E-state index contributed by atoms with van der Waals surface area (Å²) < 4.78 is 2.12. The first kappa shape index (κ1) is 16.5. The second-order valence-corrected chi connectivity index (χ2v) is 8.33. The van der Waals surface area contributed by atoms with Gasteiger partial charge in [0.05, 0.1) is 8.81 Å². The van der Waals surface area contributed by atoms with Crippen molar-refractivity contribution < 1.29 is 0 Å². The monoisotopic (exact) mass is 435 g/mol. The van der Waals surface area contributed by atoms with Crippen molar-refractivity contribution in [3.05, 3.63) is 54.1 Å². The lowest BCUT2D eigenvalue weighted by atomic mass is 10.0. The molecule has 2 rings (SSSR count). The molecule has 0 aliphatic carbocycles. The van der Waals surface area contributed by atoms with Crippen molar-refractivity contribution in [3.8, 4) is 0 Å². The minimum atomic E-state index is 0.310. The van der Waals surface area contributed by atoms with Gasteiger partial charge < -0.3 is 5.32 Å². The molecule has 20 heavy (non-hydrogen) atoms. The molecule has 0 aliphatic heterocycles. The number of hydrogen-bond donors (Lipinski definition) is 1. The summed E-state index contributed by atoms with van der Waals surface area (Å²) in [4.78, 5) is 1.28. The van der Waals surface area contributed by atoms with E-state index in [1.54, 1.807) is 11.3 Å². The van der Waals surface area contributed by atoms with Crippen LogP contribution in [0.5, 0.6) is 0 Å². The summed E-state index contributed by atoms with van der Waals surface area (Å²) in [5.41, 5.74) is 1.32. The molecular weight excluding hydrogens is 422 g/mol. The molecule has 1 N–H and O–H groups in total. The Hall–Kier alpha value is 0.130. The van der Waals surface area contributed by atoms with E-state index in [2.05, 4.69) is 74.4 Å². The standard InChI is InChI=1S/C15H16Br2ClNS/c1-2-7-19-13(14-9-12(18)15(17)20-14)8-10-3-5-11(16)6-4-10/h3-6,9,13,19H,2,7-8H2,1H3. The van der Waals surface area contributed by atoms with Crippen LogP contribution in [0.2, 0.25) is 5.02 Å². The van der Waals surface area contributed by atoms with E-state index >= 15 is 0 Å². The molecule has 0 radical (unpaired) electrons. The molecule has 0 amide bonds. The van der Waals surface area contributed by atoms with Gasteiger partial charge in [0, 0.05) is 15.4 Å². The average Bonchev–Trinajstić information content (AvgIpc) is 2.77. The SMILES string of the molecule is CCCNC(Cc1ccc(Br)cc1)c1cc(Cl)c(Br)s1. The third kappa shape index (κ3) is 4.57. The van der Waals surface area contributed by atoms with Crippen LogP contribution in [0.15, 0.2) is 38.6 Å². The highest BCUT2D eigenvalue weighted by atomic mass is 79.9. The zero-order valence-corrected chi connectivity index (χ0v) is 15.9. The van der Waals surface area contributed by atoms with Crippen LogP contribution in [0.3, 0.4) is 0 Å². The number of rotatable bonds is 6. The maximum atomic E-state index is 6.16. The molecular formula is C15H16Br2ClNS. The molecule has 0 bridgehead atoms. The molecule has 1 aromatic heterocycles. The van der Waals surface area contributed by atoms with Gasteiger partial charge in [0.1, 0.15) is 0 Å². The summed E-state index contributed by atoms with van der Waals surface area (Å²) >= 11 is 14.8. The first-order chi connectivity index (χ1) is 9.60. The second kappa shape index (κ2) is 7.95. The smallest absolute Gasteiger partial charge is 0.0887 e. The Balaban J connectivity index is 2.16. The molecule has 0 aliphatic rings. The van der Waals surface area contributed by atoms with Gasteiger partial charge in [0.25, 0.3) is 0 Å². The van der Waals surface area contributed by atoms with E-state index in [9.17, 15) is 0 Å². The maximum absolute atomic E-state index is 6.16. The van der Waals surface area contributed by atoms with Gasteiger partial charge in [-0.15, -0.1) is 11.3 Å². The number of halogens is 3. The van der Waals surface area contributed by atoms with Crippen LogP contribution >= 0.6 is 54.8 Å². The van der Waals surface area contributed by atoms with Crippen molar-refractivity contribution in [2.24, 2.45) is 0 Å². The molecule has 1 heterocycles. The molecule has 1 aromatic carbocycles. The molecule has 0 spiro atoms. The third-order valence-corrected chi connectivity index (χ3v) is 6.12. The largest absolute Gasteiger partial charge is 0.309 e. The Morgan fingerprint density at radius 3 is 2.50 bits per heavy atom. The summed E-state index contributed by atoms with van der Waals surface area (Å²) in [6, 6.07) is 10.9. The topological polar surface area (TPSA) is 12.0 Å². The summed E-state index contributed by atoms with van der Waals surface area (Å²) in [7, 11) is 0. The minimum absolute atomic E-state index is 0.310. The molecule has 0 fully saturated rings. The maximum Gasteiger partial charge on any atom is 0.0887 e. The van der Waals surface area contributed by atoms with E-state index in [-0.39, 0.29) is 0 Å². The van der Waals surface area contributed by atoms with Crippen LogP contribution in [-0.4, -0.2) is 6.54 Å². The fraction of sp³-hybridized carbons (Fsp3) is 0.333. The van der Waals surface area contributed by atoms with E-state index < -0.39 is 0 Å². The van der Waals surface area contributed by atoms with Gasteiger partial charge in [0.15, 0.2) is 0 Å². The Kier molecular flexibility index (Phi) is 6.56. The van der Waals surface area contributed by atoms with Crippen molar-refractivity contribution in [2.75, 3.05) is 6.54 Å². The van der Waals surface area contributed by atoms with E-state index in [1.165, 1.54) is 10.4 Å². The Bertz CT molecular complexity index is 534. The van der Waals surface area contributed by atoms with Crippen molar-refractivity contribution in [2.45, 2.75) is 25.8 Å². The molecule has 0 saturated carbocycles. The third-order valence-electron chi connectivity index (χ3n) is 3.00. The lowest BCUT2D eigenvalue weighted by Gasteiger charge is -2.17. The summed E-state index contributed by atoms with van der Waals surface area (Å²) in [6.45, 7) is 3.19. The van der Waals surface area contributed by atoms with Crippen LogP contribution in [0.4, 0.5) is 0 Å². The fourth-order valence-electron chi connectivity index (χ4n) is 1.98. The zero-order chi connectivity index (χ0) is 14.5. The summed E-state index contributed by atoms with van der Waals surface area (Å²) in [5.74, 6) is 0. The number of thiophene rings is 1. The Labute approximate surface area is 146 Å². The van der Waals surface area contributed by atoms with Crippen molar-refractivity contribution in [1.29, 1.82) is 0 Å². The molecule has 5 heteroatoms. The summed E-state index contributed by atoms with van der Waals surface area (Å²) in [5, 5.41) is 4.40. The van der Waals surface area contributed by atoms with Crippen molar-refractivity contribution in [1.82, 2.24) is 5.32 Å². The normalized spacial score (nSPS) is 12.6. The Morgan fingerprint density at radius 2 is 1.95 bits per heavy atom. The van der Waals surface area contributed by atoms with Gasteiger partial charge in [-0.25, -0.2) is 0 Å². The van der Waals surface area contributed by atoms with Crippen LogP contribution in [-0.2, 0) is 6.42 Å². The first-order valence-corrected chi connectivity index (χ1v) is 9.30. The van der Waals surface area contributed by atoms with E-state index in [0.29, 0.717) is 6.04 Å². The Morgan fingerprint density at radius 1 is 1.25 bits per heavy atom. The van der Waals surface area contributed by atoms with Gasteiger partial charge in [-0.05, 0) is 59.1 Å². The summed E-state index contributed by atoms with van der Waals surface area (Å²) in [6.07, 6.45) is 2.09. The van der Waals surface area contributed by atoms with Crippen molar-refractivity contribution in [3.63, 3.8) is 0 Å². The quantitative estimate of drug-likeness (QED) is 0.566. The molecule has 0 saturated heterocycles. The predicted molar refractivity (Wildman–Crippen MR) is 95.9 cm³/mol. The highest BCUT2D eigenvalue weighted by Gasteiger charge is 2.16. The highest BCUT2D eigenvalue weighted by Crippen LogP contribution is 2.36. The molecule has 1 atom stereocenters. The predicted octanol–water partition coefficient (Wildman–Crippen LogP) is 6.21. The average molecular weight is 438 g/mol. The van der Waals surface area contributed by atoms with Crippen LogP contribution in [0, 0.1) is 0 Å². The van der Waals surface area contributed by atoms with Gasteiger partial charge in [-0.3, -0.25) is 0 Å². The molecule has 1 nitrogen and oxygen atoms in total. The fourth-order valence-corrected chi connectivity index (χ4v) is 4.07. The highest BCUT2D eigenvalue weighted by molar-refractivity contribution is 9.11. The number of hydrogen-bond acceptors (Lipinski definition) is 2. The van der Waals surface area contributed by atoms with Crippen LogP contribution in [0.25, 0.3) is 0 Å². The van der Waals surface area contributed by atoms with Crippen LogP contribution < -0.4 is 5.32 Å². The lowest BCUT2D eigenvalue weighted by molar-refractivity contribution is 0.536. The number of nitrogens with one attached hydrogen (secondary N) is 1. The first-order valence-electron chi connectivity index (χ1n) is 6.52. The van der Waals surface area contributed by atoms with E-state index in [1.807, 2.05) is 0 Å². The molecule has 108 valence electrons. The lowest BCUT2D eigenvalue weighted by Crippen LogP contribution is -2.23. The van der Waals surface area contributed by atoms with E-state index in [0.717, 1.165) is 32.7 Å². The van der Waals surface area contributed by atoms with Crippen molar-refractivity contribution >= 4 is 54.8 Å². The van der Waals surface area contributed by atoms with Gasteiger partial charge in [0.2, 0.25) is 0 Å². The second-order valence-electron chi connectivity index (χ2n) is 4.61. The van der Waals surface area contributed by atoms with E-state index in [4.69, 9.17) is 11.6 Å². The van der Waals surface area contributed by atoms with Gasteiger partial charge in [-0.1, -0.05) is 46.6 Å². The van der Waals surface area contributed by atoms with Gasteiger partial charge >= 0.3 is 0 Å². The zero-order valence-electron chi connectivity index (χ0n) is 11.1. The number of benzene rings is 1. The van der Waals surface area contributed by atoms with Crippen LogP contribution in [0.1, 0.15) is 29.8 Å². The van der Waals surface area contributed by atoms with Gasteiger partial charge in [-0.2, -0.15) is 0 Å².